The number of hydrogen-bond acceptors (Lipinski definition) is 6. The second-order valence-corrected chi connectivity index (χ2v) is 6.56. The molecule has 0 saturated heterocycles. The zero-order valence-corrected chi connectivity index (χ0v) is 16.8. The van der Waals surface area contributed by atoms with Gasteiger partial charge in [0.05, 0.1) is 27.9 Å². The Hall–Kier alpha value is -2.73. The second kappa shape index (κ2) is 8.97. The molecular formula is C22H27NO5. The van der Waals surface area contributed by atoms with Gasteiger partial charge in [0.2, 0.25) is 0 Å². The van der Waals surface area contributed by atoms with E-state index < -0.39 is 5.97 Å². The second-order valence-electron chi connectivity index (χ2n) is 6.56. The molecule has 0 amide bonds. The van der Waals surface area contributed by atoms with E-state index in [4.69, 9.17) is 18.9 Å². The van der Waals surface area contributed by atoms with Crippen molar-refractivity contribution in [3.8, 4) is 17.2 Å². The maximum absolute atomic E-state index is 12.6. The van der Waals surface area contributed by atoms with Gasteiger partial charge in [-0.2, -0.15) is 0 Å². The van der Waals surface area contributed by atoms with Gasteiger partial charge in [-0.1, -0.05) is 12.1 Å². The average Bonchev–Trinajstić information content (AvgIpc) is 2.94. The van der Waals surface area contributed by atoms with Crippen LogP contribution in [0.25, 0.3) is 0 Å². The van der Waals surface area contributed by atoms with E-state index in [2.05, 4.69) is 17.4 Å². The molecule has 1 atom stereocenters. The summed E-state index contributed by atoms with van der Waals surface area (Å²) in [6, 6.07) is 10.1. The lowest BCUT2D eigenvalue weighted by Gasteiger charge is -2.23. The van der Waals surface area contributed by atoms with Crippen molar-refractivity contribution in [2.75, 3.05) is 41.0 Å². The van der Waals surface area contributed by atoms with Crippen molar-refractivity contribution in [3.05, 3.63) is 52.6 Å². The van der Waals surface area contributed by atoms with Crippen LogP contribution >= 0.6 is 0 Å². The van der Waals surface area contributed by atoms with Crippen LogP contribution in [-0.2, 0) is 11.2 Å². The number of fused-ring (bicyclic) bond motifs is 1. The van der Waals surface area contributed by atoms with Gasteiger partial charge in [0, 0.05) is 12.5 Å². The Morgan fingerprint density at radius 3 is 2.68 bits per heavy atom. The Morgan fingerprint density at radius 1 is 1.18 bits per heavy atom. The summed E-state index contributed by atoms with van der Waals surface area (Å²) in [7, 11) is 4.49. The Balaban J connectivity index is 2.21. The third-order valence-corrected chi connectivity index (χ3v) is 5.05. The highest BCUT2D eigenvalue weighted by Crippen LogP contribution is 2.42. The first kappa shape index (κ1) is 20.0. The zero-order chi connectivity index (χ0) is 20.1. The first-order valence-electron chi connectivity index (χ1n) is 9.44. The van der Waals surface area contributed by atoms with E-state index >= 15 is 0 Å². The van der Waals surface area contributed by atoms with E-state index in [0.29, 0.717) is 30.1 Å². The van der Waals surface area contributed by atoms with Crippen molar-refractivity contribution < 1.29 is 23.7 Å². The van der Waals surface area contributed by atoms with Gasteiger partial charge in [0.15, 0.2) is 11.5 Å². The van der Waals surface area contributed by atoms with Crippen molar-refractivity contribution in [3.63, 3.8) is 0 Å². The first-order valence-corrected chi connectivity index (χ1v) is 9.44. The van der Waals surface area contributed by atoms with E-state index in [1.54, 1.807) is 7.11 Å². The number of esters is 1. The normalized spacial score (nSPS) is 15.9. The number of carbonyl (C=O) groups is 1. The predicted molar refractivity (Wildman–Crippen MR) is 107 cm³/mol. The molecule has 150 valence electrons. The van der Waals surface area contributed by atoms with Crippen LogP contribution in [0.2, 0.25) is 0 Å². The minimum absolute atomic E-state index is 0.0427. The van der Waals surface area contributed by atoms with Crippen LogP contribution in [0, 0.1) is 0 Å². The van der Waals surface area contributed by atoms with Gasteiger partial charge in [-0.3, -0.25) is 0 Å². The largest absolute Gasteiger partial charge is 0.494 e. The monoisotopic (exact) mass is 385 g/mol. The quantitative estimate of drug-likeness (QED) is 0.771. The number of benzene rings is 2. The van der Waals surface area contributed by atoms with E-state index in [-0.39, 0.29) is 5.92 Å². The van der Waals surface area contributed by atoms with E-state index in [1.165, 1.54) is 14.2 Å². The van der Waals surface area contributed by atoms with E-state index in [0.717, 1.165) is 35.5 Å². The maximum Gasteiger partial charge on any atom is 0.342 e. The lowest BCUT2D eigenvalue weighted by atomic mass is 9.85. The maximum atomic E-state index is 12.6. The molecule has 1 heterocycles. The highest BCUT2D eigenvalue weighted by molar-refractivity contribution is 5.96. The minimum Gasteiger partial charge on any atom is -0.494 e. The number of hydrogen-bond donors (Lipinski definition) is 1. The molecule has 3 rings (SSSR count). The average molecular weight is 385 g/mol. The van der Waals surface area contributed by atoms with Crippen molar-refractivity contribution in [2.24, 2.45) is 0 Å². The molecule has 0 fully saturated rings. The number of carbonyl (C=O) groups excluding carboxylic acids is 1. The molecule has 0 spiro atoms. The number of nitrogens with one attached hydrogen (secondary N) is 1. The standard InChI is InChI=1S/C22H27NO5/c1-5-28-15-8-6-7-14(11-15)18-13-23-10-9-16-17(18)12-19(25-2)21(26-3)20(16)22(24)27-4/h6-8,11-12,18,23H,5,9-10,13H2,1-4H3. The Labute approximate surface area is 165 Å². The summed E-state index contributed by atoms with van der Waals surface area (Å²) < 4.78 is 21.8. The van der Waals surface area contributed by atoms with Gasteiger partial charge in [0.1, 0.15) is 11.3 Å². The van der Waals surface area contributed by atoms with Crippen LogP contribution < -0.4 is 19.5 Å². The molecule has 0 aromatic heterocycles. The molecule has 1 aliphatic rings. The van der Waals surface area contributed by atoms with Crippen LogP contribution in [0.3, 0.4) is 0 Å². The van der Waals surface area contributed by atoms with Crippen LogP contribution in [0.5, 0.6) is 17.2 Å². The van der Waals surface area contributed by atoms with E-state index in [1.807, 2.05) is 25.1 Å². The number of methoxy groups -OCH3 is 3. The third-order valence-electron chi connectivity index (χ3n) is 5.05. The Morgan fingerprint density at radius 2 is 2.00 bits per heavy atom. The number of ether oxygens (including phenoxy) is 4. The van der Waals surface area contributed by atoms with Crippen molar-refractivity contribution in [1.29, 1.82) is 0 Å². The molecule has 6 nitrogen and oxygen atoms in total. The van der Waals surface area contributed by atoms with Crippen molar-refractivity contribution in [1.82, 2.24) is 5.32 Å². The fourth-order valence-electron chi connectivity index (χ4n) is 3.81. The highest BCUT2D eigenvalue weighted by atomic mass is 16.5. The summed E-state index contributed by atoms with van der Waals surface area (Å²) in [6.45, 7) is 4.09. The third kappa shape index (κ3) is 3.78. The van der Waals surface area contributed by atoms with Crippen LogP contribution in [0.1, 0.15) is 39.9 Å². The molecule has 0 aliphatic carbocycles. The summed E-state index contributed by atoms with van der Waals surface area (Å²) in [5.41, 5.74) is 3.52. The molecule has 2 aromatic rings. The summed E-state index contributed by atoms with van der Waals surface area (Å²) in [6.07, 6.45) is 0.696. The molecule has 1 N–H and O–H groups in total. The lowest BCUT2D eigenvalue weighted by Crippen LogP contribution is -2.20. The van der Waals surface area contributed by atoms with Crippen molar-refractivity contribution >= 4 is 5.97 Å². The van der Waals surface area contributed by atoms with Gasteiger partial charge in [0.25, 0.3) is 0 Å². The molecule has 0 radical (unpaired) electrons. The zero-order valence-electron chi connectivity index (χ0n) is 16.8. The molecule has 0 bridgehead atoms. The fourth-order valence-corrected chi connectivity index (χ4v) is 3.81. The topological polar surface area (TPSA) is 66.0 Å². The highest BCUT2D eigenvalue weighted by Gasteiger charge is 2.30. The molecule has 1 unspecified atom stereocenters. The molecule has 2 aromatic carbocycles. The van der Waals surface area contributed by atoms with Crippen LogP contribution in [-0.4, -0.2) is 47.0 Å². The summed E-state index contributed by atoms with van der Waals surface area (Å²) in [5, 5.41) is 3.48. The van der Waals surface area contributed by atoms with Gasteiger partial charge < -0.3 is 24.3 Å². The molecule has 1 aliphatic heterocycles. The van der Waals surface area contributed by atoms with Gasteiger partial charge in [-0.25, -0.2) is 4.79 Å². The van der Waals surface area contributed by atoms with Gasteiger partial charge in [-0.05, 0) is 54.8 Å². The first-order chi connectivity index (χ1) is 13.6. The molecular weight excluding hydrogens is 358 g/mol. The Bertz CT molecular complexity index is 849. The molecule has 6 heteroatoms. The van der Waals surface area contributed by atoms with Gasteiger partial charge >= 0.3 is 5.97 Å². The SMILES string of the molecule is CCOc1cccc(C2CNCCc3c2cc(OC)c(OC)c3C(=O)OC)c1. The summed E-state index contributed by atoms with van der Waals surface area (Å²) in [4.78, 5) is 12.6. The Kier molecular flexibility index (Phi) is 6.41. The summed E-state index contributed by atoms with van der Waals surface area (Å²) >= 11 is 0. The molecule has 28 heavy (non-hydrogen) atoms. The van der Waals surface area contributed by atoms with Crippen LogP contribution in [0.4, 0.5) is 0 Å². The van der Waals surface area contributed by atoms with E-state index in [9.17, 15) is 4.79 Å². The predicted octanol–water partition coefficient (Wildman–Crippen LogP) is 3.17. The molecule has 0 saturated carbocycles. The lowest BCUT2D eigenvalue weighted by molar-refractivity contribution is 0.0595. The fraction of sp³-hybridized carbons (Fsp3) is 0.409. The number of rotatable bonds is 6. The van der Waals surface area contributed by atoms with Crippen LogP contribution in [0.15, 0.2) is 30.3 Å². The van der Waals surface area contributed by atoms with Gasteiger partial charge in [-0.15, -0.1) is 0 Å². The van der Waals surface area contributed by atoms with Crippen molar-refractivity contribution in [2.45, 2.75) is 19.3 Å². The summed E-state index contributed by atoms with van der Waals surface area (Å²) in [5.74, 6) is 1.39. The smallest absolute Gasteiger partial charge is 0.342 e. The minimum atomic E-state index is -0.421.